The molecule has 0 radical (unpaired) electrons. The van der Waals surface area contributed by atoms with E-state index in [1.54, 1.807) is 0 Å². The summed E-state index contributed by atoms with van der Waals surface area (Å²) < 4.78 is 7.30. The minimum absolute atomic E-state index is 0.398. The number of ether oxygens (including phenoxy) is 1. The third-order valence-corrected chi connectivity index (χ3v) is 3.84. The third-order valence-electron chi connectivity index (χ3n) is 3.84. The smallest absolute Gasteiger partial charge is 0.408 e. The van der Waals surface area contributed by atoms with E-state index in [0.717, 1.165) is 18.0 Å². The van der Waals surface area contributed by atoms with Crippen LogP contribution in [0.5, 0.6) is 0 Å². The van der Waals surface area contributed by atoms with Gasteiger partial charge in [-0.1, -0.05) is 6.07 Å². The number of pyridine rings is 1. The molecular formula is C20H33N7O2. The number of rotatable bonds is 7. The topological polar surface area (TPSA) is 105 Å². The highest BCUT2D eigenvalue weighted by Gasteiger charge is 2.24. The molecule has 0 aliphatic carbocycles. The molecule has 2 aromatic rings. The van der Waals surface area contributed by atoms with Gasteiger partial charge in [-0.2, -0.15) is 0 Å². The lowest BCUT2D eigenvalue weighted by Crippen LogP contribution is -2.49. The van der Waals surface area contributed by atoms with Crippen molar-refractivity contribution in [2.45, 2.75) is 59.1 Å². The van der Waals surface area contributed by atoms with Crippen molar-refractivity contribution in [3.63, 3.8) is 0 Å². The number of carbonyl (C=O) groups is 1. The number of hydrogen-bond acceptors (Lipinski definition) is 5. The van der Waals surface area contributed by atoms with Gasteiger partial charge in [0.05, 0.1) is 12.1 Å². The predicted molar refractivity (Wildman–Crippen MR) is 114 cm³/mol. The largest absolute Gasteiger partial charge is 0.444 e. The van der Waals surface area contributed by atoms with E-state index in [0.29, 0.717) is 25.5 Å². The van der Waals surface area contributed by atoms with E-state index in [1.807, 2.05) is 70.3 Å². The maximum Gasteiger partial charge on any atom is 0.408 e. The first-order chi connectivity index (χ1) is 13.6. The molecule has 2 heterocycles. The van der Waals surface area contributed by atoms with Crippen LogP contribution in [0.2, 0.25) is 0 Å². The molecule has 3 N–H and O–H groups in total. The molecule has 0 saturated heterocycles. The predicted octanol–water partition coefficient (Wildman–Crippen LogP) is 2.13. The van der Waals surface area contributed by atoms with Gasteiger partial charge in [-0.3, -0.25) is 9.39 Å². The van der Waals surface area contributed by atoms with Crippen molar-refractivity contribution in [1.29, 1.82) is 0 Å². The second-order valence-corrected chi connectivity index (χ2v) is 8.43. The molecule has 0 unspecified atom stereocenters. The summed E-state index contributed by atoms with van der Waals surface area (Å²) in [5.74, 6) is 1.57. The Morgan fingerprint density at radius 3 is 2.62 bits per heavy atom. The second kappa shape index (κ2) is 9.58. The SMILES string of the molecule is CCNC(=NCC(C)(C)NC(=O)OC(C)(C)C)NCCc1nnc2ccccn12. The molecular weight excluding hydrogens is 370 g/mol. The lowest BCUT2D eigenvalue weighted by atomic mass is 10.1. The Kier molecular flexibility index (Phi) is 7.41. The van der Waals surface area contributed by atoms with Crippen molar-refractivity contribution in [2.75, 3.05) is 19.6 Å². The minimum atomic E-state index is -0.548. The molecule has 0 aliphatic rings. The highest BCUT2D eigenvalue weighted by molar-refractivity contribution is 5.79. The van der Waals surface area contributed by atoms with Crippen LogP contribution in [-0.4, -0.2) is 57.4 Å². The summed E-state index contributed by atoms with van der Waals surface area (Å²) in [5, 5.41) is 17.8. The fourth-order valence-corrected chi connectivity index (χ4v) is 2.59. The van der Waals surface area contributed by atoms with Crippen LogP contribution in [-0.2, 0) is 11.2 Å². The van der Waals surface area contributed by atoms with Gasteiger partial charge in [-0.05, 0) is 53.7 Å². The first-order valence-electron chi connectivity index (χ1n) is 9.91. The van der Waals surface area contributed by atoms with E-state index in [4.69, 9.17) is 4.74 Å². The third kappa shape index (κ3) is 7.59. The molecule has 2 rings (SSSR count). The second-order valence-electron chi connectivity index (χ2n) is 8.43. The Labute approximate surface area is 172 Å². The quantitative estimate of drug-likeness (QED) is 0.483. The van der Waals surface area contributed by atoms with Crippen LogP contribution in [0.25, 0.3) is 5.65 Å². The highest BCUT2D eigenvalue weighted by atomic mass is 16.6. The van der Waals surface area contributed by atoms with Crippen LogP contribution in [0, 0.1) is 0 Å². The van der Waals surface area contributed by atoms with Gasteiger partial charge in [0.2, 0.25) is 0 Å². The Morgan fingerprint density at radius 1 is 1.17 bits per heavy atom. The highest BCUT2D eigenvalue weighted by Crippen LogP contribution is 2.10. The van der Waals surface area contributed by atoms with Gasteiger partial charge >= 0.3 is 6.09 Å². The summed E-state index contributed by atoms with van der Waals surface area (Å²) >= 11 is 0. The number of carbonyl (C=O) groups excluding carboxylic acids is 1. The number of nitrogens with one attached hydrogen (secondary N) is 3. The maximum atomic E-state index is 12.0. The summed E-state index contributed by atoms with van der Waals surface area (Å²) in [4.78, 5) is 16.6. The van der Waals surface area contributed by atoms with Crippen molar-refractivity contribution < 1.29 is 9.53 Å². The maximum absolute atomic E-state index is 12.0. The first kappa shape index (κ1) is 22.4. The first-order valence-corrected chi connectivity index (χ1v) is 9.91. The number of fused-ring (bicyclic) bond motifs is 1. The van der Waals surface area contributed by atoms with Crippen LogP contribution in [0.15, 0.2) is 29.4 Å². The van der Waals surface area contributed by atoms with Gasteiger partial charge in [0.1, 0.15) is 11.4 Å². The number of amides is 1. The summed E-state index contributed by atoms with van der Waals surface area (Å²) in [6, 6.07) is 5.82. The summed E-state index contributed by atoms with van der Waals surface area (Å²) in [6.07, 6.45) is 2.21. The normalized spacial score (nSPS) is 12.7. The van der Waals surface area contributed by atoms with Gasteiger partial charge < -0.3 is 20.7 Å². The molecule has 0 aromatic carbocycles. The van der Waals surface area contributed by atoms with Crippen LogP contribution in [0.4, 0.5) is 4.79 Å². The molecule has 0 fully saturated rings. The van der Waals surface area contributed by atoms with Gasteiger partial charge in [0.15, 0.2) is 11.6 Å². The van der Waals surface area contributed by atoms with Crippen LogP contribution < -0.4 is 16.0 Å². The van der Waals surface area contributed by atoms with Crippen LogP contribution in [0.1, 0.15) is 47.4 Å². The summed E-state index contributed by atoms with van der Waals surface area (Å²) in [6.45, 7) is 13.1. The summed E-state index contributed by atoms with van der Waals surface area (Å²) in [5.41, 5.74) is -0.252. The van der Waals surface area contributed by atoms with Crippen molar-refractivity contribution >= 4 is 17.7 Å². The van der Waals surface area contributed by atoms with Crippen molar-refractivity contribution in [3.05, 3.63) is 30.2 Å². The monoisotopic (exact) mass is 403 g/mol. The number of hydrogen-bond donors (Lipinski definition) is 3. The zero-order valence-electron chi connectivity index (χ0n) is 18.2. The Hall–Kier alpha value is -2.84. The average Bonchev–Trinajstić information content (AvgIpc) is 3.01. The minimum Gasteiger partial charge on any atom is -0.444 e. The Bertz CT molecular complexity index is 837. The zero-order chi connectivity index (χ0) is 21.5. The zero-order valence-corrected chi connectivity index (χ0v) is 18.2. The number of aromatic nitrogens is 3. The molecule has 160 valence electrons. The fourth-order valence-electron chi connectivity index (χ4n) is 2.59. The molecule has 0 atom stereocenters. The van der Waals surface area contributed by atoms with Gasteiger partial charge in [-0.25, -0.2) is 4.79 Å². The van der Waals surface area contributed by atoms with Crippen molar-refractivity contribution in [1.82, 2.24) is 30.5 Å². The van der Waals surface area contributed by atoms with Crippen molar-refractivity contribution in [3.8, 4) is 0 Å². The molecule has 1 amide bonds. The fraction of sp³-hybridized carbons (Fsp3) is 0.600. The average molecular weight is 404 g/mol. The van der Waals surface area contributed by atoms with Crippen molar-refractivity contribution in [2.24, 2.45) is 4.99 Å². The number of guanidine groups is 1. The molecule has 9 heteroatoms. The molecule has 0 saturated carbocycles. The molecule has 0 bridgehead atoms. The van der Waals surface area contributed by atoms with E-state index in [2.05, 4.69) is 31.1 Å². The van der Waals surface area contributed by atoms with E-state index < -0.39 is 17.2 Å². The standard InChI is InChI=1S/C20H33N7O2/c1-7-21-17(23-14-20(5,6)24-18(28)29-19(2,3)4)22-12-11-16-26-25-15-10-8-9-13-27(15)16/h8-10,13H,7,11-12,14H2,1-6H3,(H,24,28)(H2,21,22,23). The lowest BCUT2D eigenvalue weighted by Gasteiger charge is -2.27. The molecule has 9 nitrogen and oxygen atoms in total. The molecule has 0 aliphatic heterocycles. The van der Waals surface area contributed by atoms with Crippen LogP contribution in [0.3, 0.4) is 0 Å². The molecule has 0 spiro atoms. The van der Waals surface area contributed by atoms with Gasteiger partial charge in [0.25, 0.3) is 0 Å². The Balaban J connectivity index is 1.90. The number of alkyl carbamates (subject to hydrolysis) is 1. The molecule has 2 aromatic heterocycles. The lowest BCUT2D eigenvalue weighted by molar-refractivity contribution is 0.0476. The summed E-state index contributed by atoms with van der Waals surface area (Å²) in [7, 11) is 0. The van der Waals surface area contributed by atoms with E-state index >= 15 is 0 Å². The number of nitrogens with zero attached hydrogens (tertiary/aromatic N) is 4. The molecule has 29 heavy (non-hydrogen) atoms. The van der Waals surface area contributed by atoms with Crippen LogP contribution >= 0.6 is 0 Å². The number of aliphatic imine (C=N–C) groups is 1. The Morgan fingerprint density at radius 2 is 1.93 bits per heavy atom. The van der Waals surface area contributed by atoms with Gasteiger partial charge in [-0.15, -0.1) is 10.2 Å². The van der Waals surface area contributed by atoms with Gasteiger partial charge in [0, 0.05) is 25.7 Å². The van der Waals surface area contributed by atoms with E-state index in [9.17, 15) is 4.79 Å². The van der Waals surface area contributed by atoms with E-state index in [1.165, 1.54) is 0 Å². The van der Waals surface area contributed by atoms with E-state index in [-0.39, 0.29) is 0 Å².